The Hall–Kier alpha value is -15.8. The van der Waals surface area contributed by atoms with Gasteiger partial charge in [0.1, 0.15) is 0 Å². The Balaban J connectivity index is 0.0000000907. The first-order valence-electron chi connectivity index (χ1n) is 49.5. The van der Waals surface area contributed by atoms with Gasteiger partial charge in [-0.15, -0.1) is 45.3 Å². The zero-order chi connectivity index (χ0) is 94.7. The minimum atomic E-state index is -0.0235. The van der Waals surface area contributed by atoms with Crippen molar-refractivity contribution in [2.45, 2.75) is 77.0 Å². The number of benzene rings is 20. The smallest absolute Gasteiger partial charge is 0.0719 e. The molecule has 0 N–H and O–H groups in total. The van der Waals surface area contributed by atoms with E-state index < -0.39 is 0 Å². The van der Waals surface area contributed by atoms with Gasteiger partial charge in [0.05, 0.1) is 68.6 Å². The largest absolute Gasteiger partial charge is 0.308 e. The molecule has 0 radical (unpaired) electrons. The molecule has 0 spiro atoms. The molecule has 0 aliphatic heterocycles. The van der Waals surface area contributed by atoms with E-state index in [0.717, 1.165) is 0 Å². The van der Waals surface area contributed by atoms with Crippen molar-refractivity contribution in [1.29, 1.82) is 0 Å². The zero-order valence-electron chi connectivity index (χ0n) is 79.8. The van der Waals surface area contributed by atoms with Gasteiger partial charge < -0.3 is 18.3 Å². The van der Waals surface area contributed by atoms with Crippen LogP contribution in [0, 0.1) is 0 Å². The SMILES string of the molecule is CC1(C)c2ccccc2-c2sc3c(ccc4c5ccccc5n(-c5cc6ccccc6c6ccccc56)c43)c21.CC1(C)c2ccccc2-c2sc3c(ccc4c5ccccc5n(-c5ccc6ccccc6c5)c43)c21.CC1(C)c2ccccc2-c2sc3c(ccc4c5ccccc5n(-c5cccc(-c6ccccc6)c5)c43)c21.CC1(C)c2ccccc2-c2sc3c(ccc4c5ccccc5n(-c5ccccc5)c43)c21. The lowest BCUT2D eigenvalue weighted by molar-refractivity contribution is 0.667. The van der Waals surface area contributed by atoms with Crippen LogP contribution in [0.5, 0.6) is 0 Å². The molecule has 674 valence electrons. The second-order valence-electron chi connectivity index (χ2n) is 41.1. The summed E-state index contributed by atoms with van der Waals surface area (Å²) in [7, 11) is 0. The molecule has 32 rings (SSSR count). The van der Waals surface area contributed by atoms with Crippen LogP contribution in [-0.2, 0) is 21.7 Å². The van der Waals surface area contributed by atoms with Crippen LogP contribution in [0.3, 0.4) is 0 Å². The molecule has 0 fully saturated rings. The second-order valence-corrected chi connectivity index (χ2v) is 45.2. The number of para-hydroxylation sites is 5. The average molecular weight is 1890 g/mol. The van der Waals surface area contributed by atoms with Gasteiger partial charge in [0.25, 0.3) is 0 Å². The summed E-state index contributed by atoms with van der Waals surface area (Å²) in [6, 6.07) is 156. The Morgan fingerprint density at radius 3 is 0.880 bits per heavy atom. The van der Waals surface area contributed by atoms with Crippen LogP contribution in [0.15, 0.2) is 425 Å². The van der Waals surface area contributed by atoms with Gasteiger partial charge >= 0.3 is 0 Å². The molecule has 8 aromatic heterocycles. The number of hydrogen-bond acceptors (Lipinski definition) is 4. The highest BCUT2D eigenvalue weighted by Crippen LogP contribution is 2.63. The minimum absolute atomic E-state index is 0.00233. The summed E-state index contributed by atoms with van der Waals surface area (Å²) in [5.41, 5.74) is 35.0. The molecular weight excluding hydrogens is 1790 g/mol. The summed E-state index contributed by atoms with van der Waals surface area (Å²) in [5.74, 6) is 0. The average Bonchev–Trinajstić information content (AvgIpc) is 1.55. The second kappa shape index (κ2) is 30.9. The third kappa shape index (κ3) is 11.8. The highest BCUT2D eigenvalue weighted by molar-refractivity contribution is 7.25. The number of hydrogen-bond donors (Lipinski definition) is 0. The third-order valence-corrected chi connectivity index (χ3v) is 37.0. The maximum Gasteiger partial charge on any atom is 0.0719 e. The summed E-state index contributed by atoms with van der Waals surface area (Å²) in [6.45, 7) is 19.1. The molecule has 20 aromatic carbocycles. The van der Waals surface area contributed by atoms with Gasteiger partial charge in [0.15, 0.2) is 0 Å². The van der Waals surface area contributed by atoms with Crippen LogP contribution in [0.1, 0.15) is 99.9 Å². The van der Waals surface area contributed by atoms with Crippen LogP contribution in [-0.4, -0.2) is 18.3 Å². The van der Waals surface area contributed by atoms with Gasteiger partial charge in [-0.1, -0.05) is 413 Å². The highest BCUT2D eigenvalue weighted by Gasteiger charge is 2.44. The predicted octanol–water partition coefficient (Wildman–Crippen LogP) is 38.3. The van der Waals surface area contributed by atoms with E-state index in [1.807, 2.05) is 45.3 Å². The zero-order valence-corrected chi connectivity index (χ0v) is 83.1. The first-order chi connectivity index (χ1) is 69.5. The number of aromatic nitrogens is 4. The summed E-state index contributed by atoms with van der Waals surface area (Å²) < 4.78 is 15.5. The van der Waals surface area contributed by atoms with Crippen LogP contribution >= 0.6 is 45.3 Å². The number of thiophene rings is 4. The standard InChI is InChI=1S/C37H25NS.C35H25NS.C33H23NS.C29H21NS/c1-37(2)30-17-9-7-16-28(30)35-33(37)29-20-19-27-26-15-8-10-18-31(26)38(34(27)36(29)39-35)32-21-22-11-3-4-12-23(22)24-13-5-6-14-25(24)32;1-35(2)29-17-8-6-16-27(29)33-31(35)28-20-19-26-25-15-7-9-18-30(25)36(32(26)34(28)37-33)24-14-10-13-23(21-24)22-11-4-3-5-12-22;1-33(2)27-13-7-5-12-25(27)31-29(33)26-18-17-24-23-11-6-8-14-28(23)34(30(24)32(26)35-31)22-16-15-20-9-3-4-10-21(20)19-22;1-29(2)23-14-8-6-13-21(23)27-25(29)22-17-16-20-19-12-7-9-15-24(19)30(26(20)28(22)31-27)18-10-4-3-5-11-18/h3-21H,1-2H3;3-21H,1-2H3;3-19H,1-2H3;3-17H,1-2H3. The van der Waals surface area contributed by atoms with E-state index in [-0.39, 0.29) is 21.7 Å². The van der Waals surface area contributed by atoms with Crippen molar-refractivity contribution < 1.29 is 0 Å². The van der Waals surface area contributed by atoms with E-state index in [1.54, 1.807) is 0 Å². The Morgan fingerprint density at radius 1 is 0.176 bits per heavy atom. The lowest BCUT2D eigenvalue weighted by atomic mass is 9.81. The lowest BCUT2D eigenvalue weighted by Crippen LogP contribution is -2.14. The fourth-order valence-electron chi connectivity index (χ4n) is 25.7. The van der Waals surface area contributed by atoms with Crippen molar-refractivity contribution >= 4 is 205 Å². The predicted molar refractivity (Wildman–Crippen MR) is 613 cm³/mol. The van der Waals surface area contributed by atoms with Crippen molar-refractivity contribution in [2.24, 2.45) is 0 Å². The fraction of sp³-hybridized carbons (Fsp3) is 0.0896. The van der Waals surface area contributed by atoms with E-state index in [4.69, 9.17) is 0 Å². The van der Waals surface area contributed by atoms with Crippen LogP contribution in [0.25, 0.3) is 236 Å². The summed E-state index contributed by atoms with van der Waals surface area (Å²) >= 11 is 7.87. The molecule has 0 saturated heterocycles. The van der Waals surface area contributed by atoms with Crippen molar-refractivity contribution in [1.82, 2.24) is 18.3 Å². The summed E-state index contributed by atoms with van der Waals surface area (Å²) in [5, 5.41) is 23.8. The quantitative estimate of drug-likeness (QED) is 0.153. The Bertz CT molecular complexity index is 10300. The maximum atomic E-state index is 2.55. The van der Waals surface area contributed by atoms with Gasteiger partial charge in [-0.3, -0.25) is 0 Å². The van der Waals surface area contributed by atoms with Crippen molar-refractivity contribution in [3.63, 3.8) is 0 Å². The molecule has 28 aromatic rings. The Kier molecular flexibility index (Phi) is 18.1. The van der Waals surface area contributed by atoms with Crippen LogP contribution in [0.2, 0.25) is 0 Å². The van der Waals surface area contributed by atoms with Crippen molar-refractivity contribution in [2.75, 3.05) is 0 Å². The van der Waals surface area contributed by atoms with E-state index in [0.29, 0.717) is 0 Å². The highest BCUT2D eigenvalue weighted by atomic mass is 32.1. The van der Waals surface area contributed by atoms with Gasteiger partial charge in [-0.2, -0.15) is 0 Å². The maximum absolute atomic E-state index is 2.55. The summed E-state index contributed by atoms with van der Waals surface area (Å²) in [4.78, 5) is 5.73. The minimum Gasteiger partial charge on any atom is -0.308 e. The normalized spacial score (nSPS) is 14.1. The van der Waals surface area contributed by atoms with Crippen LogP contribution < -0.4 is 0 Å². The van der Waals surface area contributed by atoms with Crippen LogP contribution in [0.4, 0.5) is 0 Å². The van der Waals surface area contributed by atoms with Gasteiger partial charge in [-0.25, -0.2) is 0 Å². The molecule has 0 bridgehead atoms. The number of nitrogens with zero attached hydrogens (tertiary/aromatic N) is 4. The third-order valence-electron chi connectivity index (χ3n) is 32.0. The topological polar surface area (TPSA) is 19.7 Å². The molecule has 8 heteroatoms. The molecule has 4 aliphatic carbocycles. The van der Waals surface area contributed by atoms with Crippen molar-refractivity contribution in [3.8, 4) is 75.6 Å². The Morgan fingerprint density at radius 2 is 0.465 bits per heavy atom. The molecule has 0 amide bonds. The number of rotatable bonds is 5. The molecule has 8 heterocycles. The first-order valence-corrected chi connectivity index (χ1v) is 52.8. The van der Waals surface area contributed by atoms with Gasteiger partial charge in [-0.05, 0) is 193 Å². The van der Waals surface area contributed by atoms with E-state index >= 15 is 0 Å². The molecule has 4 aliphatic rings. The lowest BCUT2D eigenvalue weighted by Gasteiger charge is -2.21. The Labute approximate surface area is 838 Å². The van der Waals surface area contributed by atoms with Gasteiger partial charge in [0, 0.05) is 107 Å². The fourth-order valence-corrected chi connectivity index (χ4v) is 31.9. The van der Waals surface area contributed by atoms with Crippen molar-refractivity contribution in [3.05, 3.63) is 469 Å². The van der Waals surface area contributed by atoms with Gasteiger partial charge in [0.2, 0.25) is 0 Å². The van der Waals surface area contributed by atoms with E-state index in [9.17, 15) is 0 Å². The van der Waals surface area contributed by atoms with E-state index in [2.05, 4.69) is 498 Å². The monoisotopic (exact) mass is 1890 g/mol. The first kappa shape index (κ1) is 83.2. The van der Waals surface area contributed by atoms with E-state index in [1.165, 1.54) is 280 Å². The number of fused-ring (bicyclic) bond motifs is 40. The molecular formula is C134H94N4S4. The molecule has 0 atom stereocenters. The molecule has 4 nitrogen and oxygen atoms in total. The molecule has 0 saturated carbocycles. The molecule has 142 heavy (non-hydrogen) atoms. The molecule has 0 unspecified atom stereocenters. The summed E-state index contributed by atoms with van der Waals surface area (Å²) in [6.07, 6.45) is 0.